The topological polar surface area (TPSA) is 70.6 Å². The third-order valence-corrected chi connectivity index (χ3v) is 4.36. The van der Waals surface area contributed by atoms with Crippen molar-refractivity contribution in [2.75, 3.05) is 10.6 Å². The molecule has 8 heteroatoms. The molecular formula is C20H14Cl2N2O3S. The third-order valence-electron chi connectivity index (χ3n) is 3.62. The van der Waals surface area contributed by atoms with Gasteiger partial charge in [0.2, 0.25) is 0 Å². The Kier molecular flexibility index (Phi) is 6.36. The fraction of sp³-hybridized carbons (Fsp3) is 0. The van der Waals surface area contributed by atoms with Gasteiger partial charge in [-0.1, -0.05) is 23.2 Å². The van der Waals surface area contributed by atoms with Crippen molar-refractivity contribution in [1.82, 2.24) is 0 Å². The van der Waals surface area contributed by atoms with Gasteiger partial charge in [-0.3, -0.25) is 0 Å². The van der Waals surface area contributed by atoms with Gasteiger partial charge in [-0.15, -0.1) is 0 Å². The second-order valence-corrected chi connectivity index (χ2v) is 6.91. The number of hydrogen-bond donors (Lipinski definition) is 3. The van der Waals surface area contributed by atoms with E-state index in [-0.39, 0.29) is 5.56 Å². The fourth-order valence-electron chi connectivity index (χ4n) is 2.28. The Balaban J connectivity index is 1.58. The highest BCUT2D eigenvalue weighted by molar-refractivity contribution is 7.80. The first-order chi connectivity index (χ1) is 13.4. The highest BCUT2D eigenvalue weighted by Gasteiger charge is 2.06. The zero-order chi connectivity index (χ0) is 20.1. The van der Waals surface area contributed by atoms with E-state index in [4.69, 9.17) is 45.3 Å². The summed E-state index contributed by atoms with van der Waals surface area (Å²) < 4.78 is 5.74. The molecule has 0 aromatic heterocycles. The standard InChI is InChI=1S/C20H14Cl2N2O3S/c21-13-3-10-18(17(22)11-13)27-16-8-6-15(7-9-16)24-20(28)23-14-4-1-12(2-5-14)19(25)26/h1-11H,(H,25,26)(H2,23,24,28). The van der Waals surface area contributed by atoms with Crippen molar-refractivity contribution in [2.45, 2.75) is 0 Å². The molecule has 0 unspecified atom stereocenters. The van der Waals surface area contributed by atoms with Crippen molar-refractivity contribution < 1.29 is 14.6 Å². The van der Waals surface area contributed by atoms with Crippen LogP contribution in [-0.4, -0.2) is 16.2 Å². The molecule has 3 aromatic carbocycles. The molecule has 3 N–H and O–H groups in total. The summed E-state index contributed by atoms with van der Waals surface area (Å²) in [6.45, 7) is 0. The number of rotatable bonds is 5. The Morgan fingerprint density at radius 3 is 2.00 bits per heavy atom. The van der Waals surface area contributed by atoms with Crippen LogP contribution in [-0.2, 0) is 0 Å². The zero-order valence-corrected chi connectivity index (χ0v) is 16.6. The molecule has 3 rings (SSSR count). The van der Waals surface area contributed by atoms with Crippen molar-refractivity contribution >= 4 is 57.9 Å². The molecule has 5 nitrogen and oxygen atoms in total. The number of anilines is 2. The third kappa shape index (κ3) is 5.36. The summed E-state index contributed by atoms with van der Waals surface area (Å²) in [5, 5.41) is 16.3. The van der Waals surface area contributed by atoms with Crippen LogP contribution in [0, 0.1) is 0 Å². The van der Waals surface area contributed by atoms with Gasteiger partial charge in [0, 0.05) is 16.4 Å². The van der Waals surface area contributed by atoms with Crippen LogP contribution in [0.2, 0.25) is 10.0 Å². The molecule has 0 radical (unpaired) electrons. The van der Waals surface area contributed by atoms with Crippen LogP contribution in [0.15, 0.2) is 66.7 Å². The molecule has 0 atom stereocenters. The van der Waals surface area contributed by atoms with Crippen molar-refractivity contribution in [1.29, 1.82) is 0 Å². The summed E-state index contributed by atoms with van der Waals surface area (Å²) in [4.78, 5) is 10.9. The van der Waals surface area contributed by atoms with Crippen molar-refractivity contribution in [3.63, 3.8) is 0 Å². The van der Waals surface area contributed by atoms with Gasteiger partial charge < -0.3 is 20.5 Å². The average molecular weight is 433 g/mol. The quantitative estimate of drug-likeness (QED) is 0.411. The smallest absolute Gasteiger partial charge is 0.335 e. The molecule has 142 valence electrons. The Morgan fingerprint density at radius 1 is 0.893 bits per heavy atom. The number of halogens is 2. The Hall–Kier alpha value is -2.80. The SMILES string of the molecule is O=C(O)c1ccc(NC(=S)Nc2ccc(Oc3ccc(Cl)cc3Cl)cc2)cc1. The molecule has 0 aliphatic carbocycles. The van der Waals surface area contributed by atoms with Gasteiger partial charge in [-0.2, -0.15) is 0 Å². The molecular weight excluding hydrogens is 419 g/mol. The number of benzene rings is 3. The predicted molar refractivity (Wildman–Crippen MR) is 116 cm³/mol. The van der Waals surface area contributed by atoms with Crippen LogP contribution < -0.4 is 15.4 Å². The first kappa shape index (κ1) is 19.9. The van der Waals surface area contributed by atoms with Gasteiger partial charge in [-0.05, 0) is 78.9 Å². The molecule has 0 heterocycles. The van der Waals surface area contributed by atoms with Crippen LogP contribution in [0.4, 0.5) is 11.4 Å². The molecule has 0 saturated carbocycles. The summed E-state index contributed by atoms with van der Waals surface area (Å²) in [5.74, 6) is 0.140. The minimum atomic E-state index is -0.977. The summed E-state index contributed by atoms with van der Waals surface area (Å²) in [7, 11) is 0. The molecule has 0 spiro atoms. The van der Waals surface area contributed by atoms with Crippen molar-refractivity contribution in [3.05, 3.63) is 82.3 Å². The summed E-state index contributed by atoms with van der Waals surface area (Å²) in [6, 6.07) is 18.5. The molecule has 0 amide bonds. The number of ether oxygens (including phenoxy) is 1. The lowest BCUT2D eigenvalue weighted by molar-refractivity contribution is 0.0697. The maximum atomic E-state index is 10.9. The number of carbonyl (C=O) groups is 1. The highest BCUT2D eigenvalue weighted by atomic mass is 35.5. The molecule has 0 aliphatic rings. The fourth-order valence-corrected chi connectivity index (χ4v) is 2.96. The Labute approximate surface area is 176 Å². The van der Waals surface area contributed by atoms with E-state index in [2.05, 4.69) is 10.6 Å². The van der Waals surface area contributed by atoms with Crippen LogP contribution in [0.5, 0.6) is 11.5 Å². The van der Waals surface area contributed by atoms with Crippen LogP contribution in [0.3, 0.4) is 0 Å². The highest BCUT2D eigenvalue weighted by Crippen LogP contribution is 2.31. The van der Waals surface area contributed by atoms with Gasteiger partial charge in [0.1, 0.15) is 11.5 Å². The number of thiocarbonyl (C=S) groups is 1. The first-order valence-corrected chi connectivity index (χ1v) is 9.21. The van der Waals surface area contributed by atoms with Gasteiger partial charge in [0.25, 0.3) is 0 Å². The number of hydrogen-bond acceptors (Lipinski definition) is 3. The number of aromatic carboxylic acids is 1. The average Bonchev–Trinajstić information content (AvgIpc) is 2.66. The zero-order valence-electron chi connectivity index (χ0n) is 14.3. The van der Waals surface area contributed by atoms with E-state index < -0.39 is 5.97 Å². The normalized spacial score (nSPS) is 10.2. The largest absolute Gasteiger partial charge is 0.478 e. The van der Waals surface area contributed by atoms with Gasteiger partial charge in [0.05, 0.1) is 10.6 Å². The van der Waals surface area contributed by atoms with E-state index in [0.29, 0.717) is 32.3 Å². The first-order valence-electron chi connectivity index (χ1n) is 8.05. The lowest BCUT2D eigenvalue weighted by atomic mass is 10.2. The van der Waals surface area contributed by atoms with Crippen molar-refractivity contribution in [3.8, 4) is 11.5 Å². The van der Waals surface area contributed by atoms with E-state index in [9.17, 15) is 4.79 Å². The maximum Gasteiger partial charge on any atom is 0.335 e. The van der Waals surface area contributed by atoms with E-state index in [1.165, 1.54) is 12.1 Å². The Bertz CT molecular complexity index is 1010. The lowest BCUT2D eigenvalue weighted by Gasteiger charge is -2.12. The van der Waals surface area contributed by atoms with E-state index in [1.54, 1.807) is 54.6 Å². The molecule has 3 aromatic rings. The molecule has 0 aliphatic heterocycles. The van der Waals surface area contributed by atoms with Crippen LogP contribution in [0.1, 0.15) is 10.4 Å². The second-order valence-electron chi connectivity index (χ2n) is 5.66. The summed E-state index contributed by atoms with van der Waals surface area (Å²) in [6.07, 6.45) is 0. The molecule has 28 heavy (non-hydrogen) atoms. The van der Waals surface area contributed by atoms with Crippen LogP contribution in [0.25, 0.3) is 0 Å². The minimum Gasteiger partial charge on any atom is -0.478 e. The number of nitrogens with one attached hydrogen (secondary N) is 2. The van der Waals surface area contributed by atoms with E-state index >= 15 is 0 Å². The summed E-state index contributed by atoms with van der Waals surface area (Å²) in [5.41, 5.74) is 1.65. The van der Waals surface area contributed by atoms with Crippen molar-refractivity contribution in [2.24, 2.45) is 0 Å². The molecule has 0 bridgehead atoms. The minimum absolute atomic E-state index is 0.209. The second kappa shape index (κ2) is 8.93. The van der Waals surface area contributed by atoms with Crippen LogP contribution >= 0.6 is 35.4 Å². The predicted octanol–water partition coefficient (Wildman–Crippen LogP) is 6.29. The summed E-state index contributed by atoms with van der Waals surface area (Å²) >= 11 is 17.2. The molecule has 0 fully saturated rings. The number of carboxylic acids is 1. The van der Waals surface area contributed by atoms with Gasteiger partial charge in [-0.25, -0.2) is 4.79 Å². The van der Waals surface area contributed by atoms with Gasteiger partial charge in [0.15, 0.2) is 5.11 Å². The van der Waals surface area contributed by atoms with Gasteiger partial charge >= 0.3 is 5.97 Å². The Morgan fingerprint density at radius 2 is 1.46 bits per heavy atom. The monoisotopic (exact) mass is 432 g/mol. The number of carboxylic acid groups (broad SMARTS) is 1. The maximum absolute atomic E-state index is 10.9. The van der Waals surface area contributed by atoms with E-state index in [0.717, 1.165) is 5.69 Å². The molecule has 0 saturated heterocycles. The lowest BCUT2D eigenvalue weighted by Crippen LogP contribution is -2.19. The van der Waals surface area contributed by atoms with E-state index in [1.807, 2.05) is 0 Å².